The molecular formula is C13H16ClFN2O. The van der Waals surface area contributed by atoms with Crippen LogP contribution in [-0.4, -0.2) is 24.0 Å². The summed E-state index contributed by atoms with van der Waals surface area (Å²) in [5.41, 5.74) is 0.431. The van der Waals surface area contributed by atoms with Crippen molar-refractivity contribution >= 4 is 23.3 Å². The van der Waals surface area contributed by atoms with Crippen LogP contribution in [0.15, 0.2) is 18.2 Å². The Morgan fingerprint density at radius 1 is 1.44 bits per heavy atom. The molecule has 0 bridgehead atoms. The molecule has 1 heterocycles. The van der Waals surface area contributed by atoms with Gasteiger partial charge in [-0.25, -0.2) is 9.18 Å². The highest BCUT2D eigenvalue weighted by Gasteiger charge is 2.20. The second kappa shape index (κ2) is 5.57. The zero-order valence-corrected chi connectivity index (χ0v) is 11.0. The monoisotopic (exact) mass is 270 g/mol. The fourth-order valence-corrected chi connectivity index (χ4v) is 2.11. The number of hydrogen-bond acceptors (Lipinski definition) is 1. The highest BCUT2D eigenvalue weighted by Crippen LogP contribution is 2.20. The fraction of sp³-hybridized carbons (Fsp3) is 0.462. The fourth-order valence-electron chi connectivity index (χ4n) is 1.99. The highest BCUT2D eigenvalue weighted by atomic mass is 35.5. The number of carbonyl (C=O) groups excluding carboxylic acids is 1. The molecule has 1 N–H and O–H groups in total. The second-order valence-electron chi connectivity index (χ2n) is 4.73. The second-order valence-corrected chi connectivity index (χ2v) is 5.14. The van der Waals surface area contributed by atoms with Gasteiger partial charge in [-0.05, 0) is 37.0 Å². The summed E-state index contributed by atoms with van der Waals surface area (Å²) < 4.78 is 13.2. The van der Waals surface area contributed by atoms with Gasteiger partial charge in [-0.15, -0.1) is 0 Å². The van der Waals surface area contributed by atoms with Gasteiger partial charge in [0.2, 0.25) is 0 Å². The number of likely N-dealkylation sites (tertiary alicyclic amines) is 1. The van der Waals surface area contributed by atoms with Gasteiger partial charge < -0.3 is 10.2 Å². The van der Waals surface area contributed by atoms with Gasteiger partial charge in [-0.1, -0.05) is 18.5 Å². The van der Waals surface area contributed by atoms with Gasteiger partial charge in [-0.2, -0.15) is 0 Å². The predicted molar refractivity (Wildman–Crippen MR) is 70.4 cm³/mol. The van der Waals surface area contributed by atoms with E-state index in [1.54, 1.807) is 11.0 Å². The Morgan fingerprint density at radius 2 is 2.11 bits per heavy atom. The summed E-state index contributed by atoms with van der Waals surface area (Å²) >= 11 is 5.58. The topological polar surface area (TPSA) is 32.3 Å². The van der Waals surface area contributed by atoms with Gasteiger partial charge >= 0.3 is 6.03 Å². The molecule has 1 aliphatic heterocycles. The van der Waals surface area contributed by atoms with Gasteiger partial charge in [0.1, 0.15) is 5.82 Å². The molecule has 3 nitrogen and oxygen atoms in total. The van der Waals surface area contributed by atoms with Gasteiger partial charge in [0.05, 0.1) is 5.02 Å². The normalized spacial score (nSPS) is 16.7. The molecule has 18 heavy (non-hydrogen) atoms. The number of amides is 2. The number of rotatable bonds is 1. The number of carbonyl (C=O) groups is 1. The maximum Gasteiger partial charge on any atom is 0.321 e. The molecule has 98 valence electrons. The summed E-state index contributed by atoms with van der Waals surface area (Å²) in [4.78, 5) is 13.7. The molecular weight excluding hydrogens is 255 g/mol. The van der Waals surface area contributed by atoms with E-state index < -0.39 is 5.82 Å². The smallest absolute Gasteiger partial charge is 0.321 e. The van der Waals surface area contributed by atoms with E-state index in [4.69, 9.17) is 11.6 Å². The molecule has 0 radical (unpaired) electrons. The third-order valence-electron chi connectivity index (χ3n) is 3.24. The number of anilines is 1. The molecule has 1 aromatic rings. The van der Waals surface area contributed by atoms with E-state index in [-0.39, 0.29) is 11.1 Å². The van der Waals surface area contributed by atoms with Crippen molar-refractivity contribution in [3.05, 3.63) is 29.0 Å². The number of nitrogens with one attached hydrogen (secondary N) is 1. The molecule has 1 fully saturated rings. The van der Waals surface area contributed by atoms with Crippen LogP contribution in [0.4, 0.5) is 14.9 Å². The first kappa shape index (κ1) is 13.1. The number of hydrogen-bond donors (Lipinski definition) is 1. The largest absolute Gasteiger partial charge is 0.325 e. The van der Waals surface area contributed by atoms with E-state index in [0.717, 1.165) is 25.9 Å². The minimum atomic E-state index is -0.526. The molecule has 0 atom stereocenters. The highest BCUT2D eigenvalue weighted by molar-refractivity contribution is 6.30. The van der Waals surface area contributed by atoms with Crippen molar-refractivity contribution in [1.82, 2.24) is 4.90 Å². The molecule has 0 unspecified atom stereocenters. The number of piperidine rings is 1. The Labute approximate surface area is 111 Å². The Morgan fingerprint density at radius 3 is 2.72 bits per heavy atom. The summed E-state index contributed by atoms with van der Waals surface area (Å²) in [5.74, 6) is 0.142. The first-order valence-corrected chi connectivity index (χ1v) is 6.45. The Balaban J connectivity index is 1.96. The van der Waals surface area contributed by atoms with Crippen LogP contribution in [0.2, 0.25) is 5.02 Å². The van der Waals surface area contributed by atoms with Crippen molar-refractivity contribution in [2.45, 2.75) is 19.8 Å². The van der Waals surface area contributed by atoms with E-state index in [2.05, 4.69) is 12.2 Å². The Bertz CT molecular complexity index is 445. The summed E-state index contributed by atoms with van der Waals surface area (Å²) in [6.07, 6.45) is 2.03. The van der Waals surface area contributed by atoms with Crippen LogP contribution in [0.5, 0.6) is 0 Å². The minimum Gasteiger partial charge on any atom is -0.325 e. The van der Waals surface area contributed by atoms with Crippen LogP contribution in [0.3, 0.4) is 0 Å². The Hall–Kier alpha value is -1.29. The van der Waals surface area contributed by atoms with Gasteiger partial charge in [-0.3, -0.25) is 0 Å². The molecule has 2 amide bonds. The third-order valence-corrected chi connectivity index (χ3v) is 3.55. The van der Waals surface area contributed by atoms with E-state index in [1.807, 2.05) is 0 Å². The van der Waals surface area contributed by atoms with Crippen LogP contribution in [-0.2, 0) is 0 Å². The molecule has 1 aliphatic rings. The van der Waals surface area contributed by atoms with Gasteiger partial charge in [0.25, 0.3) is 0 Å². The summed E-state index contributed by atoms with van der Waals surface area (Å²) in [5, 5.41) is 2.74. The first-order valence-electron chi connectivity index (χ1n) is 6.07. The molecule has 0 spiro atoms. The van der Waals surface area contributed by atoms with E-state index >= 15 is 0 Å². The number of halogens is 2. The molecule has 0 aliphatic carbocycles. The van der Waals surface area contributed by atoms with Crippen LogP contribution in [0, 0.1) is 11.7 Å². The lowest BCUT2D eigenvalue weighted by molar-refractivity contribution is 0.186. The molecule has 1 saturated heterocycles. The van der Waals surface area contributed by atoms with Gasteiger partial charge in [0, 0.05) is 18.8 Å². The van der Waals surface area contributed by atoms with Gasteiger partial charge in [0.15, 0.2) is 0 Å². The summed E-state index contributed by atoms with van der Waals surface area (Å²) in [6, 6.07) is 4.08. The number of nitrogens with zero attached hydrogens (tertiary/aromatic N) is 1. The van der Waals surface area contributed by atoms with Crippen molar-refractivity contribution in [3.8, 4) is 0 Å². The van der Waals surface area contributed by atoms with Crippen LogP contribution >= 0.6 is 11.6 Å². The standard InChI is InChI=1S/C13H16ClFN2O/c1-9-4-6-17(7-5-9)13(18)16-10-2-3-11(14)12(15)8-10/h2-3,8-9H,4-7H2,1H3,(H,16,18). The average molecular weight is 271 g/mol. The maximum absolute atomic E-state index is 13.2. The predicted octanol–water partition coefficient (Wildman–Crippen LogP) is 3.74. The SMILES string of the molecule is CC1CCN(C(=O)Nc2ccc(Cl)c(F)c2)CC1. The summed E-state index contributed by atoms with van der Waals surface area (Å²) in [7, 11) is 0. The minimum absolute atomic E-state index is 0.0554. The zero-order chi connectivity index (χ0) is 13.1. The number of benzene rings is 1. The first-order chi connectivity index (χ1) is 8.56. The quantitative estimate of drug-likeness (QED) is 0.828. The maximum atomic E-state index is 13.2. The third kappa shape index (κ3) is 3.13. The van der Waals surface area contributed by atoms with Crippen molar-refractivity contribution in [3.63, 3.8) is 0 Å². The van der Waals surface area contributed by atoms with Crippen LogP contribution in [0.1, 0.15) is 19.8 Å². The average Bonchev–Trinajstić information content (AvgIpc) is 2.34. The lowest BCUT2D eigenvalue weighted by atomic mass is 10.00. The molecule has 0 aromatic heterocycles. The lowest BCUT2D eigenvalue weighted by Gasteiger charge is -2.30. The Kier molecular flexibility index (Phi) is 4.07. The molecule has 0 saturated carbocycles. The van der Waals surface area contributed by atoms with Crippen LogP contribution in [0.25, 0.3) is 0 Å². The zero-order valence-electron chi connectivity index (χ0n) is 10.2. The molecule has 5 heteroatoms. The van der Waals surface area contributed by atoms with Crippen molar-refractivity contribution < 1.29 is 9.18 Å². The van der Waals surface area contributed by atoms with Crippen molar-refractivity contribution in [2.24, 2.45) is 5.92 Å². The molecule has 2 rings (SSSR count). The number of urea groups is 1. The van der Waals surface area contributed by atoms with E-state index in [9.17, 15) is 9.18 Å². The van der Waals surface area contributed by atoms with Crippen LogP contribution < -0.4 is 5.32 Å². The van der Waals surface area contributed by atoms with E-state index in [0.29, 0.717) is 11.6 Å². The summed E-state index contributed by atoms with van der Waals surface area (Å²) in [6.45, 7) is 3.69. The van der Waals surface area contributed by atoms with Crippen molar-refractivity contribution in [1.29, 1.82) is 0 Å². The van der Waals surface area contributed by atoms with E-state index in [1.165, 1.54) is 12.1 Å². The molecule has 1 aromatic carbocycles. The lowest BCUT2D eigenvalue weighted by Crippen LogP contribution is -2.40. The van der Waals surface area contributed by atoms with Crippen molar-refractivity contribution in [2.75, 3.05) is 18.4 Å².